The fourth-order valence-corrected chi connectivity index (χ4v) is 3.08. The van der Waals surface area contributed by atoms with Gasteiger partial charge in [-0.2, -0.15) is 0 Å². The molecule has 2 aliphatic heterocycles. The van der Waals surface area contributed by atoms with E-state index in [1.165, 1.54) is 37.1 Å². The van der Waals surface area contributed by atoms with E-state index >= 15 is 0 Å². The average Bonchev–Trinajstić information content (AvgIpc) is 2.57. The Labute approximate surface area is 134 Å². The van der Waals surface area contributed by atoms with Crippen molar-refractivity contribution in [3.05, 3.63) is 35.4 Å². The van der Waals surface area contributed by atoms with Crippen molar-refractivity contribution >= 4 is 5.96 Å². The van der Waals surface area contributed by atoms with Crippen molar-refractivity contribution in [3.8, 4) is 0 Å². The monoisotopic (exact) mass is 300 g/mol. The topological polar surface area (TPSA) is 39.7 Å². The highest BCUT2D eigenvalue weighted by Crippen LogP contribution is 2.18. The van der Waals surface area contributed by atoms with Crippen molar-refractivity contribution in [2.75, 3.05) is 26.2 Å². The summed E-state index contributed by atoms with van der Waals surface area (Å²) in [6.45, 7) is 8.75. The van der Waals surface area contributed by atoms with Gasteiger partial charge in [-0.3, -0.25) is 9.89 Å². The highest BCUT2D eigenvalue weighted by atomic mass is 15.2. The Morgan fingerprint density at radius 1 is 1.18 bits per heavy atom. The number of hydrogen-bond acceptors (Lipinski definition) is 4. The van der Waals surface area contributed by atoms with Crippen molar-refractivity contribution in [3.63, 3.8) is 0 Å². The Hall–Kier alpha value is -1.55. The Morgan fingerprint density at radius 2 is 1.91 bits per heavy atom. The average molecular weight is 300 g/mol. The number of hydrogen-bond donors (Lipinski definition) is 2. The van der Waals surface area contributed by atoms with Gasteiger partial charge in [0.1, 0.15) is 0 Å². The predicted molar refractivity (Wildman–Crippen MR) is 91.9 cm³/mol. The summed E-state index contributed by atoms with van der Waals surface area (Å²) in [5, 5.41) is 6.66. The summed E-state index contributed by atoms with van der Waals surface area (Å²) >= 11 is 0. The third-order valence-corrected chi connectivity index (χ3v) is 4.66. The van der Waals surface area contributed by atoms with Gasteiger partial charge in [0.15, 0.2) is 5.96 Å². The van der Waals surface area contributed by atoms with Crippen LogP contribution in [0, 0.1) is 5.92 Å². The predicted octanol–water partition coefficient (Wildman–Crippen LogP) is 2.36. The van der Waals surface area contributed by atoms with Gasteiger partial charge >= 0.3 is 0 Å². The first-order valence-electron chi connectivity index (χ1n) is 8.62. The van der Waals surface area contributed by atoms with Crippen molar-refractivity contribution in [2.24, 2.45) is 10.9 Å². The third kappa shape index (κ3) is 4.47. The largest absolute Gasteiger partial charge is 0.356 e. The van der Waals surface area contributed by atoms with Crippen LogP contribution in [0.4, 0.5) is 0 Å². The standard InChI is InChI=1S/C18H28N4/c1-15-7-11-22(12-8-15)14-17-5-3-16(4-6-17)13-21-18-19-9-2-10-20-18/h3-6,15H,2,7-14H2,1H3,(H2,19,20,21). The maximum Gasteiger partial charge on any atom is 0.191 e. The molecular formula is C18H28N4. The van der Waals surface area contributed by atoms with Crippen LogP contribution in [0.1, 0.15) is 37.3 Å². The molecule has 0 unspecified atom stereocenters. The lowest BCUT2D eigenvalue weighted by Gasteiger charge is -2.30. The molecule has 4 heteroatoms. The summed E-state index contributed by atoms with van der Waals surface area (Å²) in [6, 6.07) is 9.01. The molecule has 0 radical (unpaired) electrons. The van der Waals surface area contributed by atoms with Crippen LogP contribution >= 0.6 is 0 Å². The number of nitrogens with zero attached hydrogens (tertiary/aromatic N) is 2. The minimum atomic E-state index is 0.841. The summed E-state index contributed by atoms with van der Waals surface area (Å²) in [7, 11) is 0. The number of aliphatic imine (C=N–C) groups is 1. The summed E-state index contributed by atoms with van der Waals surface area (Å²) in [6.07, 6.45) is 3.82. The first-order chi connectivity index (χ1) is 10.8. The first kappa shape index (κ1) is 15.3. The van der Waals surface area contributed by atoms with E-state index in [1.54, 1.807) is 0 Å². The highest BCUT2D eigenvalue weighted by molar-refractivity contribution is 5.80. The Morgan fingerprint density at radius 3 is 2.59 bits per heavy atom. The van der Waals surface area contributed by atoms with E-state index < -0.39 is 0 Å². The van der Waals surface area contributed by atoms with Crippen LogP contribution < -0.4 is 10.6 Å². The molecule has 22 heavy (non-hydrogen) atoms. The van der Waals surface area contributed by atoms with Crippen molar-refractivity contribution < 1.29 is 0 Å². The van der Waals surface area contributed by atoms with Gasteiger partial charge < -0.3 is 10.6 Å². The van der Waals surface area contributed by atoms with E-state index in [-0.39, 0.29) is 0 Å². The van der Waals surface area contributed by atoms with Crippen LogP contribution in [0.15, 0.2) is 29.3 Å². The van der Waals surface area contributed by atoms with Gasteiger partial charge in [-0.05, 0) is 49.4 Å². The minimum absolute atomic E-state index is 0.841. The molecule has 2 N–H and O–H groups in total. The highest BCUT2D eigenvalue weighted by Gasteiger charge is 2.15. The van der Waals surface area contributed by atoms with Gasteiger partial charge in [-0.15, -0.1) is 0 Å². The number of rotatable bonds is 4. The summed E-state index contributed by atoms with van der Waals surface area (Å²) in [5.41, 5.74) is 2.73. The van der Waals surface area contributed by atoms with Gasteiger partial charge in [-0.25, -0.2) is 0 Å². The number of guanidine groups is 1. The molecule has 4 nitrogen and oxygen atoms in total. The Balaban J connectivity index is 1.46. The molecule has 0 saturated carbocycles. The van der Waals surface area contributed by atoms with Crippen LogP contribution in [-0.2, 0) is 13.1 Å². The molecule has 2 heterocycles. The van der Waals surface area contributed by atoms with Gasteiger partial charge in [0.2, 0.25) is 0 Å². The van der Waals surface area contributed by atoms with E-state index in [0.29, 0.717) is 0 Å². The molecule has 0 bridgehead atoms. The fourth-order valence-electron chi connectivity index (χ4n) is 3.08. The van der Waals surface area contributed by atoms with Crippen molar-refractivity contribution in [1.82, 2.24) is 15.5 Å². The molecule has 0 atom stereocenters. The molecule has 3 rings (SSSR count). The molecule has 1 aromatic rings. The molecule has 2 aliphatic rings. The van der Waals surface area contributed by atoms with Crippen molar-refractivity contribution in [1.29, 1.82) is 0 Å². The zero-order valence-electron chi connectivity index (χ0n) is 13.6. The smallest absolute Gasteiger partial charge is 0.191 e. The van der Waals surface area contributed by atoms with Gasteiger partial charge in [0.05, 0.1) is 0 Å². The van der Waals surface area contributed by atoms with Gasteiger partial charge in [0, 0.05) is 26.2 Å². The van der Waals surface area contributed by atoms with Gasteiger partial charge in [-0.1, -0.05) is 31.2 Å². The SMILES string of the molecule is CC1CCN(Cc2ccc(CNC3=NCCCN3)cc2)CC1. The van der Waals surface area contributed by atoms with E-state index in [0.717, 1.165) is 44.5 Å². The Kier molecular flexibility index (Phi) is 5.33. The molecule has 120 valence electrons. The summed E-state index contributed by atoms with van der Waals surface area (Å²) in [4.78, 5) is 7.01. The number of likely N-dealkylation sites (tertiary alicyclic amines) is 1. The molecule has 0 aliphatic carbocycles. The van der Waals surface area contributed by atoms with Crippen LogP contribution in [0.3, 0.4) is 0 Å². The van der Waals surface area contributed by atoms with Crippen LogP contribution in [0.2, 0.25) is 0 Å². The van der Waals surface area contributed by atoms with E-state index in [2.05, 4.69) is 51.7 Å². The maximum absolute atomic E-state index is 4.43. The third-order valence-electron chi connectivity index (χ3n) is 4.66. The first-order valence-corrected chi connectivity index (χ1v) is 8.62. The van der Waals surface area contributed by atoms with Crippen LogP contribution in [0.5, 0.6) is 0 Å². The van der Waals surface area contributed by atoms with Crippen LogP contribution in [0.25, 0.3) is 0 Å². The summed E-state index contributed by atoms with van der Waals surface area (Å²) in [5.74, 6) is 1.85. The Bertz CT molecular complexity index is 486. The number of benzene rings is 1. The normalized spacial score (nSPS) is 20.3. The molecule has 0 aromatic heterocycles. The summed E-state index contributed by atoms with van der Waals surface area (Å²) < 4.78 is 0. The molecule has 1 fully saturated rings. The van der Waals surface area contributed by atoms with Crippen molar-refractivity contribution in [2.45, 2.75) is 39.3 Å². The van der Waals surface area contributed by atoms with Crippen LogP contribution in [-0.4, -0.2) is 37.0 Å². The van der Waals surface area contributed by atoms with E-state index in [4.69, 9.17) is 0 Å². The lowest BCUT2D eigenvalue weighted by atomic mass is 9.99. The lowest BCUT2D eigenvalue weighted by Crippen LogP contribution is -2.40. The second kappa shape index (κ2) is 7.63. The molecular weight excluding hydrogens is 272 g/mol. The quantitative estimate of drug-likeness (QED) is 0.897. The minimum Gasteiger partial charge on any atom is -0.356 e. The zero-order valence-corrected chi connectivity index (χ0v) is 13.6. The maximum atomic E-state index is 4.43. The molecule has 0 amide bonds. The van der Waals surface area contributed by atoms with E-state index in [9.17, 15) is 0 Å². The molecule has 1 aromatic carbocycles. The number of nitrogens with one attached hydrogen (secondary N) is 2. The van der Waals surface area contributed by atoms with E-state index in [1.807, 2.05) is 0 Å². The molecule has 1 saturated heterocycles. The van der Waals surface area contributed by atoms with Gasteiger partial charge in [0.25, 0.3) is 0 Å². The lowest BCUT2D eigenvalue weighted by molar-refractivity contribution is 0.185. The zero-order chi connectivity index (χ0) is 15.2. The molecule has 0 spiro atoms. The fraction of sp³-hybridized carbons (Fsp3) is 0.611. The second-order valence-electron chi connectivity index (χ2n) is 6.64. The second-order valence-corrected chi connectivity index (χ2v) is 6.64. The number of piperidine rings is 1.